The van der Waals surface area contributed by atoms with Crippen molar-refractivity contribution in [1.82, 2.24) is 14.5 Å². The number of rotatable bonds is 12. The number of nitrogens with one attached hydrogen (secondary N) is 1. The summed E-state index contributed by atoms with van der Waals surface area (Å²) in [5.74, 6) is 0.331. The third-order valence-electron chi connectivity index (χ3n) is 7.06. The molecule has 0 aliphatic carbocycles. The number of aryl methyl sites for hydroxylation is 1. The molecule has 4 rings (SSSR count). The van der Waals surface area contributed by atoms with Crippen LogP contribution in [-0.2, 0) is 37.4 Å². The molecule has 0 aromatic heterocycles. The molecule has 0 bridgehead atoms. The quantitative estimate of drug-likeness (QED) is 0.342. The first-order valence-electron chi connectivity index (χ1n) is 13.7. The van der Waals surface area contributed by atoms with E-state index < -0.39 is 22.0 Å². The van der Waals surface area contributed by atoms with E-state index in [0.717, 1.165) is 16.7 Å². The first-order valence-corrected chi connectivity index (χ1v) is 15.2. The Labute approximate surface area is 247 Å². The molecule has 1 aliphatic heterocycles. The summed E-state index contributed by atoms with van der Waals surface area (Å²) in [4.78, 5) is 28.1. The topological polar surface area (TPSA) is 114 Å². The number of benzene rings is 3. The molecule has 0 radical (unpaired) electrons. The van der Waals surface area contributed by atoms with Crippen LogP contribution in [0.25, 0.3) is 0 Å². The van der Waals surface area contributed by atoms with E-state index in [4.69, 9.17) is 14.2 Å². The average molecular weight is 596 g/mol. The normalized spacial score (nSPS) is 14.5. The van der Waals surface area contributed by atoms with Crippen LogP contribution in [0, 0.1) is 6.92 Å². The number of ether oxygens (including phenoxy) is 3. The molecule has 1 unspecified atom stereocenters. The maximum Gasteiger partial charge on any atom is 0.261 e. The standard InChI is InChI=1S/C31H37N3O7S/c1-23-4-6-25(7-5-23)20-32-31(36)24(2)34(21-26-8-10-27(39-3)11-9-26)30(35)22-41-28-12-14-29(15-13-28)42(37,38)33-16-18-40-19-17-33/h4-15,24H,16-22H2,1-3H3,(H,32,36). The van der Waals surface area contributed by atoms with Crippen molar-refractivity contribution in [3.8, 4) is 11.5 Å². The van der Waals surface area contributed by atoms with Gasteiger partial charge in [-0.3, -0.25) is 9.59 Å². The maximum atomic E-state index is 13.4. The molecule has 1 aliphatic rings. The van der Waals surface area contributed by atoms with Gasteiger partial charge in [0.05, 0.1) is 25.2 Å². The predicted molar refractivity (Wildman–Crippen MR) is 158 cm³/mol. The fraction of sp³-hybridized carbons (Fsp3) is 0.355. The summed E-state index contributed by atoms with van der Waals surface area (Å²) in [7, 11) is -2.07. The van der Waals surface area contributed by atoms with E-state index in [2.05, 4.69) is 5.32 Å². The average Bonchev–Trinajstić information content (AvgIpc) is 3.02. The van der Waals surface area contributed by atoms with Gasteiger partial charge in [0.2, 0.25) is 15.9 Å². The van der Waals surface area contributed by atoms with Crippen LogP contribution < -0.4 is 14.8 Å². The van der Waals surface area contributed by atoms with Gasteiger partial charge in [0.25, 0.3) is 5.91 Å². The summed E-state index contributed by atoms with van der Waals surface area (Å²) in [6.07, 6.45) is 0. The van der Waals surface area contributed by atoms with Gasteiger partial charge in [-0.2, -0.15) is 4.31 Å². The lowest BCUT2D eigenvalue weighted by Crippen LogP contribution is -2.48. The Bertz CT molecular complexity index is 1440. The molecule has 0 saturated carbocycles. The number of methoxy groups -OCH3 is 1. The number of nitrogens with zero attached hydrogens (tertiary/aromatic N) is 2. The van der Waals surface area contributed by atoms with Crippen LogP contribution in [0.2, 0.25) is 0 Å². The highest BCUT2D eigenvalue weighted by molar-refractivity contribution is 7.89. The first kappa shape index (κ1) is 31.0. The zero-order valence-electron chi connectivity index (χ0n) is 24.1. The van der Waals surface area contributed by atoms with Crippen molar-refractivity contribution in [2.45, 2.75) is 37.9 Å². The van der Waals surface area contributed by atoms with Gasteiger partial charge >= 0.3 is 0 Å². The molecule has 10 nitrogen and oxygen atoms in total. The Morgan fingerprint density at radius 1 is 0.929 bits per heavy atom. The minimum Gasteiger partial charge on any atom is -0.497 e. The molecule has 1 heterocycles. The molecule has 0 spiro atoms. The smallest absolute Gasteiger partial charge is 0.261 e. The molecule has 1 fully saturated rings. The second-order valence-electron chi connectivity index (χ2n) is 10.0. The number of amides is 2. The number of hydrogen-bond donors (Lipinski definition) is 1. The Hall–Kier alpha value is -3.93. The van der Waals surface area contributed by atoms with Gasteiger partial charge in [-0.1, -0.05) is 42.0 Å². The van der Waals surface area contributed by atoms with Crippen molar-refractivity contribution in [2.75, 3.05) is 40.0 Å². The fourth-order valence-corrected chi connectivity index (χ4v) is 5.83. The van der Waals surface area contributed by atoms with E-state index in [1.165, 1.54) is 33.5 Å². The zero-order valence-corrected chi connectivity index (χ0v) is 24.9. The highest BCUT2D eigenvalue weighted by atomic mass is 32.2. The number of carbonyl (C=O) groups excluding carboxylic acids is 2. The summed E-state index contributed by atoms with van der Waals surface area (Å²) in [6.45, 7) is 5.18. The molecular formula is C31H37N3O7S. The summed E-state index contributed by atoms with van der Waals surface area (Å²) in [6, 6.07) is 20.3. The number of morpholine rings is 1. The molecule has 1 N–H and O–H groups in total. The van der Waals surface area contributed by atoms with Gasteiger partial charge in [0, 0.05) is 26.2 Å². The van der Waals surface area contributed by atoms with Crippen LogP contribution in [0.1, 0.15) is 23.6 Å². The Morgan fingerprint density at radius 2 is 1.52 bits per heavy atom. The Morgan fingerprint density at radius 3 is 2.14 bits per heavy atom. The van der Waals surface area contributed by atoms with Crippen LogP contribution in [0.15, 0.2) is 77.7 Å². The van der Waals surface area contributed by atoms with Crippen LogP contribution in [-0.4, -0.2) is 75.5 Å². The molecule has 3 aromatic rings. The lowest BCUT2D eigenvalue weighted by atomic mass is 10.1. The Balaban J connectivity index is 1.42. The van der Waals surface area contributed by atoms with Crippen molar-refractivity contribution in [1.29, 1.82) is 0 Å². The maximum absolute atomic E-state index is 13.4. The van der Waals surface area contributed by atoms with Crippen molar-refractivity contribution in [3.05, 3.63) is 89.5 Å². The minimum atomic E-state index is -3.64. The van der Waals surface area contributed by atoms with Gasteiger partial charge < -0.3 is 24.4 Å². The SMILES string of the molecule is COc1ccc(CN(C(=O)COc2ccc(S(=O)(=O)N3CCOCC3)cc2)C(C)C(=O)NCc2ccc(C)cc2)cc1. The molecule has 3 aromatic carbocycles. The van der Waals surface area contributed by atoms with Gasteiger partial charge in [-0.15, -0.1) is 0 Å². The van der Waals surface area contributed by atoms with Gasteiger partial charge in [-0.05, 0) is 61.4 Å². The third-order valence-corrected chi connectivity index (χ3v) is 8.97. The second-order valence-corrected chi connectivity index (χ2v) is 12.0. The third kappa shape index (κ3) is 8.09. The van der Waals surface area contributed by atoms with Crippen LogP contribution in [0.5, 0.6) is 11.5 Å². The molecular weight excluding hydrogens is 558 g/mol. The number of carbonyl (C=O) groups is 2. The van der Waals surface area contributed by atoms with Crippen LogP contribution in [0.4, 0.5) is 0 Å². The minimum absolute atomic E-state index is 0.142. The lowest BCUT2D eigenvalue weighted by Gasteiger charge is -2.29. The Kier molecular flexibility index (Phi) is 10.6. The van der Waals surface area contributed by atoms with Crippen molar-refractivity contribution in [3.63, 3.8) is 0 Å². The van der Waals surface area contributed by atoms with Crippen molar-refractivity contribution >= 4 is 21.8 Å². The van der Waals surface area contributed by atoms with Crippen LogP contribution in [0.3, 0.4) is 0 Å². The highest BCUT2D eigenvalue weighted by Crippen LogP contribution is 2.21. The van der Waals surface area contributed by atoms with E-state index in [1.54, 1.807) is 26.2 Å². The molecule has 11 heteroatoms. The predicted octanol–water partition coefficient (Wildman–Crippen LogP) is 3.14. The number of hydrogen-bond acceptors (Lipinski definition) is 7. The van der Waals surface area contributed by atoms with E-state index >= 15 is 0 Å². The van der Waals surface area contributed by atoms with Crippen molar-refractivity contribution < 1.29 is 32.2 Å². The summed E-state index contributed by atoms with van der Waals surface area (Å²) >= 11 is 0. The highest BCUT2D eigenvalue weighted by Gasteiger charge is 2.28. The van der Waals surface area contributed by atoms with E-state index in [1.807, 2.05) is 43.3 Å². The fourth-order valence-electron chi connectivity index (χ4n) is 4.42. The summed E-state index contributed by atoms with van der Waals surface area (Å²) in [5, 5.41) is 2.92. The molecule has 1 atom stereocenters. The summed E-state index contributed by atoms with van der Waals surface area (Å²) < 4.78 is 43.4. The van der Waals surface area contributed by atoms with Crippen LogP contribution >= 0.6 is 0 Å². The first-order chi connectivity index (χ1) is 20.2. The second kappa shape index (κ2) is 14.3. The summed E-state index contributed by atoms with van der Waals surface area (Å²) in [5.41, 5.74) is 2.90. The molecule has 1 saturated heterocycles. The monoisotopic (exact) mass is 595 g/mol. The zero-order chi connectivity index (χ0) is 30.1. The van der Waals surface area contributed by atoms with E-state index in [9.17, 15) is 18.0 Å². The molecule has 42 heavy (non-hydrogen) atoms. The van der Waals surface area contributed by atoms with Crippen molar-refractivity contribution in [2.24, 2.45) is 0 Å². The van der Waals surface area contributed by atoms with Gasteiger partial charge in [-0.25, -0.2) is 8.42 Å². The largest absolute Gasteiger partial charge is 0.497 e. The molecule has 2 amide bonds. The van der Waals surface area contributed by atoms with E-state index in [-0.39, 0.29) is 24.0 Å². The van der Waals surface area contributed by atoms with E-state index in [0.29, 0.717) is 44.3 Å². The number of sulfonamides is 1. The molecule has 224 valence electrons. The van der Waals surface area contributed by atoms with Gasteiger partial charge in [0.15, 0.2) is 6.61 Å². The van der Waals surface area contributed by atoms with Gasteiger partial charge in [0.1, 0.15) is 17.5 Å². The lowest BCUT2D eigenvalue weighted by molar-refractivity contribution is -0.142.